The summed E-state index contributed by atoms with van der Waals surface area (Å²) in [5.74, 6) is 1.65. The van der Waals surface area contributed by atoms with Gasteiger partial charge in [0.15, 0.2) is 0 Å². The molecule has 0 rings (SSSR count). The van der Waals surface area contributed by atoms with Gasteiger partial charge < -0.3 is 15.7 Å². The molecule has 0 aromatic rings. The van der Waals surface area contributed by atoms with Crippen LogP contribution in [-0.4, -0.2) is 29.7 Å². The number of hydrogen-bond donors (Lipinski definition) is 3. The molecule has 0 bridgehead atoms. The molecule has 0 aliphatic carbocycles. The number of aliphatic carboxylic acids is 1. The number of unbranched alkanes of at least 4 members (excludes halogenated alkanes) is 1. The molecule has 0 radical (unpaired) electrons. The van der Waals surface area contributed by atoms with E-state index in [0.29, 0.717) is 25.8 Å². The molecule has 0 saturated carbocycles. The zero-order valence-corrected chi connectivity index (χ0v) is 10.3. The highest BCUT2D eigenvalue weighted by Crippen LogP contribution is 2.04. The predicted molar refractivity (Wildman–Crippen MR) is 65.5 cm³/mol. The van der Waals surface area contributed by atoms with E-state index < -0.39 is 18.0 Å². The highest BCUT2D eigenvalue weighted by Gasteiger charge is 2.20. The number of nitrogens with one attached hydrogen (secondary N) is 2. The molecule has 0 aliphatic rings. The quantitative estimate of drug-likeness (QED) is 0.462. The second-order valence-electron chi connectivity index (χ2n) is 4.23. The Hall–Kier alpha value is -1.70. The van der Waals surface area contributed by atoms with Crippen LogP contribution in [0.5, 0.6) is 0 Å². The lowest BCUT2D eigenvalue weighted by molar-refractivity contribution is -0.139. The van der Waals surface area contributed by atoms with Gasteiger partial charge in [0.05, 0.1) is 0 Å². The standard InChI is InChI=1S/C12H20N2O3/c1-4-5-6-7-13-12(17)14-10(11(15)16)8-9(2)3/h1,9-10H,5-8H2,2-3H3,(H,15,16)(H2,13,14,17)/t10-/m0/s1. The Kier molecular flexibility index (Phi) is 7.61. The van der Waals surface area contributed by atoms with Crippen LogP contribution in [0.2, 0.25) is 0 Å². The van der Waals surface area contributed by atoms with Gasteiger partial charge in [0.2, 0.25) is 0 Å². The molecule has 0 aromatic carbocycles. The SMILES string of the molecule is C#CCCCNC(=O)N[C@@H](CC(C)C)C(=O)O. The molecule has 96 valence electrons. The minimum atomic E-state index is -1.02. The van der Waals surface area contributed by atoms with Gasteiger partial charge in [-0.15, -0.1) is 12.3 Å². The third kappa shape index (κ3) is 8.14. The highest BCUT2D eigenvalue weighted by atomic mass is 16.4. The van der Waals surface area contributed by atoms with Crippen LogP contribution in [0.15, 0.2) is 0 Å². The van der Waals surface area contributed by atoms with Crippen LogP contribution < -0.4 is 10.6 Å². The number of carbonyl (C=O) groups excluding carboxylic acids is 1. The van der Waals surface area contributed by atoms with Crippen molar-refractivity contribution in [2.75, 3.05) is 6.54 Å². The minimum Gasteiger partial charge on any atom is -0.480 e. The Balaban J connectivity index is 3.96. The molecular formula is C12H20N2O3. The Bertz CT molecular complexity index is 295. The topological polar surface area (TPSA) is 78.4 Å². The Morgan fingerprint density at radius 1 is 1.41 bits per heavy atom. The first kappa shape index (κ1) is 15.3. The molecule has 0 aliphatic heterocycles. The number of carboxylic acid groups (broad SMARTS) is 1. The summed E-state index contributed by atoms with van der Waals surface area (Å²) in [7, 11) is 0. The highest BCUT2D eigenvalue weighted by molar-refractivity contribution is 5.82. The number of carboxylic acids is 1. The summed E-state index contributed by atoms with van der Waals surface area (Å²) in [5.41, 5.74) is 0. The first-order valence-corrected chi connectivity index (χ1v) is 5.68. The predicted octanol–water partition coefficient (Wildman–Crippen LogP) is 1.20. The lowest BCUT2D eigenvalue weighted by Gasteiger charge is -2.16. The van der Waals surface area contributed by atoms with E-state index in [1.165, 1.54) is 0 Å². The Labute approximate surface area is 102 Å². The first-order valence-electron chi connectivity index (χ1n) is 5.68. The van der Waals surface area contributed by atoms with Crippen molar-refractivity contribution in [1.29, 1.82) is 0 Å². The van der Waals surface area contributed by atoms with E-state index in [1.54, 1.807) is 0 Å². The van der Waals surface area contributed by atoms with Gasteiger partial charge in [-0.05, 0) is 18.8 Å². The fourth-order valence-electron chi connectivity index (χ4n) is 1.29. The van der Waals surface area contributed by atoms with Crippen LogP contribution >= 0.6 is 0 Å². The van der Waals surface area contributed by atoms with Crippen LogP contribution in [0.4, 0.5) is 4.79 Å². The van der Waals surface area contributed by atoms with E-state index in [9.17, 15) is 9.59 Å². The third-order valence-corrected chi connectivity index (χ3v) is 2.09. The monoisotopic (exact) mass is 240 g/mol. The van der Waals surface area contributed by atoms with Gasteiger partial charge in [0.1, 0.15) is 6.04 Å². The van der Waals surface area contributed by atoms with Gasteiger partial charge in [0, 0.05) is 13.0 Å². The van der Waals surface area contributed by atoms with Crippen molar-refractivity contribution in [2.45, 2.75) is 39.2 Å². The summed E-state index contributed by atoms with van der Waals surface area (Å²) in [6.45, 7) is 4.26. The first-order chi connectivity index (χ1) is 7.97. The van der Waals surface area contributed by atoms with Crippen molar-refractivity contribution < 1.29 is 14.7 Å². The number of urea groups is 1. The van der Waals surface area contributed by atoms with E-state index in [2.05, 4.69) is 16.6 Å². The van der Waals surface area contributed by atoms with Gasteiger partial charge >= 0.3 is 12.0 Å². The van der Waals surface area contributed by atoms with E-state index in [4.69, 9.17) is 11.5 Å². The molecule has 0 fully saturated rings. The normalized spacial score (nSPS) is 11.6. The van der Waals surface area contributed by atoms with E-state index in [0.717, 1.165) is 0 Å². The second-order valence-corrected chi connectivity index (χ2v) is 4.23. The number of rotatable bonds is 7. The summed E-state index contributed by atoms with van der Waals surface area (Å²) in [4.78, 5) is 22.2. The van der Waals surface area contributed by atoms with Gasteiger partial charge in [-0.3, -0.25) is 0 Å². The van der Waals surface area contributed by atoms with Gasteiger partial charge in [-0.1, -0.05) is 13.8 Å². The fourth-order valence-corrected chi connectivity index (χ4v) is 1.29. The van der Waals surface area contributed by atoms with Crippen LogP contribution in [0.25, 0.3) is 0 Å². The number of carbonyl (C=O) groups is 2. The van der Waals surface area contributed by atoms with Crippen molar-refractivity contribution in [1.82, 2.24) is 10.6 Å². The average Bonchev–Trinajstić information content (AvgIpc) is 2.22. The minimum absolute atomic E-state index is 0.206. The molecular weight excluding hydrogens is 220 g/mol. The molecule has 0 saturated heterocycles. The Morgan fingerprint density at radius 2 is 2.06 bits per heavy atom. The summed E-state index contributed by atoms with van der Waals surface area (Å²) in [6.07, 6.45) is 6.75. The van der Waals surface area contributed by atoms with Crippen molar-refractivity contribution in [2.24, 2.45) is 5.92 Å². The lowest BCUT2D eigenvalue weighted by atomic mass is 10.0. The summed E-state index contributed by atoms with van der Waals surface area (Å²) < 4.78 is 0. The Morgan fingerprint density at radius 3 is 2.53 bits per heavy atom. The van der Waals surface area contributed by atoms with E-state index in [1.807, 2.05) is 13.8 Å². The zero-order chi connectivity index (χ0) is 13.3. The molecule has 0 heterocycles. The molecule has 0 spiro atoms. The molecule has 2 amide bonds. The second kappa shape index (κ2) is 8.45. The third-order valence-electron chi connectivity index (χ3n) is 2.09. The summed E-state index contributed by atoms with van der Waals surface area (Å²) in [6, 6.07) is -1.31. The number of terminal acetylenes is 1. The average molecular weight is 240 g/mol. The smallest absolute Gasteiger partial charge is 0.326 e. The number of amides is 2. The van der Waals surface area contributed by atoms with Crippen molar-refractivity contribution in [3.8, 4) is 12.3 Å². The van der Waals surface area contributed by atoms with Gasteiger partial charge in [0.25, 0.3) is 0 Å². The van der Waals surface area contributed by atoms with Crippen molar-refractivity contribution in [3.63, 3.8) is 0 Å². The largest absolute Gasteiger partial charge is 0.480 e. The van der Waals surface area contributed by atoms with E-state index >= 15 is 0 Å². The summed E-state index contributed by atoms with van der Waals surface area (Å²) >= 11 is 0. The van der Waals surface area contributed by atoms with E-state index in [-0.39, 0.29) is 5.92 Å². The molecule has 1 atom stereocenters. The zero-order valence-electron chi connectivity index (χ0n) is 10.3. The number of hydrogen-bond acceptors (Lipinski definition) is 2. The molecule has 0 aromatic heterocycles. The maximum Gasteiger partial charge on any atom is 0.326 e. The van der Waals surface area contributed by atoms with Crippen molar-refractivity contribution >= 4 is 12.0 Å². The van der Waals surface area contributed by atoms with Gasteiger partial charge in [-0.25, -0.2) is 9.59 Å². The molecule has 5 nitrogen and oxygen atoms in total. The van der Waals surface area contributed by atoms with Crippen LogP contribution in [-0.2, 0) is 4.79 Å². The van der Waals surface area contributed by atoms with Crippen LogP contribution in [0.1, 0.15) is 33.1 Å². The lowest BCUT2D eigenvalue weighted by Crippen LogP contribution is -2.46. The molecule has 3 N–H and O–H groups in total. The molecule has 5 heteroatoms. The maximum atomic E-state index is 11.4. The summed E-state index contributed by atoms with van der Waals surface area (Å²) in [5, 5.41) is 13.9. The van der Waals surface area contributed by atoms with Crippen molar-refractivity contribution in [3.05, 3.63) is 0 Å². The fraction of sp³-hybridized carbons (Fsp3) is 0.667. The van der Waals surface area contributed by atoms with Gasteiger partial charge in [-0.2, -0.15) is 0 Å². The van der Waals surface area contributed by atoms with Crippen LogP contribution in [0.3, 0.4) is 0 Å². The molecule has 0 unspecified atom stereocenters. The molecule has 17 heavy (non-hydrogen) atoms. The maximum absolute atomic E-state index is 11.4. The van der Waals surface area contributed by atoms with Crippen LogP contribution in [0, 0.1) is 18.3 Å².